The summed E-state index contributed by atoms with van der Waals surface area (Å²) in [6.45, 7) is 0.0410. The fourth-order valence-corrected chi connectivity index (χ4v) is 6.17. The predicted octanol–water partition coefficient (Wildman–Crippen LogP) is 4.44. The molecule has 13 heteroatoms. The van der Waals surface area contributed by atoms with E-state index in [-0.39, 0.29) is 17.4 Å². The van der Waals surface area contributed by atoms with E-state index in [1.807, 2.05) is 0 Å². The van der Waals surface area contributed by atoms with Gasteiger partial charge in [-0.25, -0.2) is 8.42 Å². The first kappa shape index (κ1) is 26.2. The number of hydrogen-bond acceptors (Lipinski definition) is 4. The quantitative estimate of drug-likeness (QED) is 0.564. The van der Waals surface area contributed by atoms with Crippen molar-refractivity contribution in [3.63, 3.8) is 0 Å². The van der Waals surface area contributed by atoms with Gasteiger partial charge in [-0.05, 0) is 55.2 Å². The number of nitrogens with one attached hydrogen (secondary N) is 1. The molecular weight excluding hydrogens is 508 g/mol. The van der Waals surface area contributed by atoms with Gasteiger partial charge < -0.3 is 5.32 Å². The third-order valence-corrected chi connectivity index (χ3v) is 8.24. The van der Waals surface area contributed by atoms with Crippen LogP contribution in [0.25, 0.3) is 0 Å². The van der Waals surface area contributed by atoms with Crippen LogP contribution in [0, 0.1) is 5.92 Å². The van der Waals surface area contributed by atoms with E-state index in [0.29, 0.717) is 31.2 Å². The van der Waals surface area contributed by atoms with E-state index in [9.17, 15) is 43.8 Å². The number of alkyl halides is 6. The second kappa shape index (κ2) is 9.33. The fourth-order valence-electron chi connectivity index (χ4n) is 3.53. The minimum Gasteiger partial charge on any atom is -0.352 e. The predicted molar refractivity (Wildman–Crippen MR) is 111 cm³/mol. The number of sulfone groups is 1. The number of carbonyl (C=O) groups is 1. The zero-order valence-corrected chi connectivity index (χ0v) is 19.2. The molecule has 0 spiro atoms. The average Bonchev–Trinajstić information content (AvgIpc) is 2.70. The smallest absolute Gasteiger partial charge is 0.352 e. The van der Waals surface area contributed by atoms with Crippen LogP contribution in [-0.2, 0) is 33.0 Å². The Balaban J connectivity index is 1.62. The van der Waals surface area contributed by atoms with Crippen molar-refractivity contribution >= 4 is 26.5 Å². The Morgan fingerprint density at radius 1 is 1.00 bits per heavy atom. The number of benzene rings is 2. The Morgan fingerprint density at radius 2 is 1.59 bits per heavy atom. The molecule has 0 aliphatic heterocycles. The summed E-state index contributed by atoms with van der Waals surface area (Å²) >= 11 is 0. The number of carbonyl (C=O) groups excluding carboxylic acids is 1. The van der Waals surface area contributed by atoms with Crippen LogP contribution in [0.15, 0.2) is 52.3 Å². The molecule has 1 aliphatic carbocycles. The van der Waals surface area contributed by atoms with Crippen molar-refractivity contribution in [2.75, 3.05) is 12.8 Å². The summed E-state index contributed by atoms with van der Waals surface area (Å²) in [6.07, 6.45) is -7.97. The van der Waals surface area contributed by atoms with Crippen LogP contribution in [-0.4, -0.2) is 36.6 Å². The molecule has 0 radical (unpaired) electrons. The van der Waals surface area contributed by atoms with Crippen molar-refractivity contribution in [1.29, 1.82) is 0 Å². The van der Waals surface area contributed by atoms with E-state index < -0.39 is 65.7 Å². The van der Waals surface area contributed by atoms with Crippen LogP contribution in [0.1, 0.15) is 34.3 Å². The lowest BCUT2D eigenvalue weighted by Gasteiger charge is -2.34. The van der Waals surface area contributed by atoms with E-state index >= 15 is 0 Å². The number of rotatable bonds is 6. The van der Waals surface area contributed by atoms with E-state index in [1.165, 1.54) is 12.1 Å². The summed E-state index contributed by atoms with van der Waals surface area (Å²) in [4.78, 5) is 11.8. The first-order valence-corrected chi connectivity index (χ1v) is 12.9. The summed E-state index contributed by atoms with van der Waals surface area (Å²) in [6, 6.07) is 6.05. The monoisotopic (exact) mass is 527 g/mol. The first-order valence-electron chi connectivity index (χ1n) is 9.84. The molecule has 2 aromatic carbocycles. The van der Waals surface area contributed by atoms with Gasteiger partial charge in [0, 0.05) is 22.9 Å². The molecule has 1 saturated carbocycles. The molecule has 3 rings (SSSR count). The van der Waals surface area contributed by atoms with Crippen LogP contribution in [0.4, 0.5) is 26.3 Å². The zero-order valence-electron chi connectivity index (χ0n) is 17.5. The molecule has 2 aromatic rings. The molecule has 0 aromatic heterocycles. The van der Waals surface area contributed by atoms with E-state index in [1.54, 1.807) is 0 Å². The maximum Gasteiger partial charge on any atom is 0.416 e. The maximum absolute atomic E-state index is 12.9. The third kappa shape index (κ3) is 5.98. The van der Waals surface area contributed by atoms with Gasteiger partial charge in [0.25, 0.3) is 5.91 Å². The minimum atomic E-state index is -4.79. The normalized spacial score (nSPS) is 19.9. The number of halogens is 6. The Labute approximate surface area is 193 Å². The Morgan fingerprint density at radius 3 is 2.15 bits per heavy atom. The molecule has 1 N–H and O–H groups in total. The number of hydrogen-bond donors (Lipinski definition) is 1. The molecular formula is C21H19F6NO4S2. The summed E-state index contributed by atoms with van der Waals surface area (Å²) in [5, 5.41) is 2.05. The average molecular weight is 528 g/mol. The summed E-state index contributed by atoms with van der Waals surface area (Å²) < 4.78 is 114. The summed E-state index contributed by atoms with van der Waals surface area (Å²) in [5.74, 6) is -1.04. The molecule has 0 saturated heterocycles. The van der Waals surface area contributed by atoms with Crippen molar-refractivity contribution in [3.8, 4) is 0 Å². The number of amides is 1. The molecule has 34 heavy (non-hydrogen) atoms. The second-order valence-corrected chi connectivity index (χ2v) is 11.7. The van der Waals surface area contributed by atoms with Crippen molar-refractivity contribution in [3.05, 3.63) is 59.2 Å². The lowest BCUT2D eigenvalue weighted by atomic mass is 9.84. The van der Waals surface area contributed by atoms with Crippen LogP contribution < -0.4 is 5.32 Å². The topological polar surface area (TPSA) is 80.3 Å². The van der Waals surface area contributed by atoms with Gasteiger partial charge in [0.1, 0.15) is 0 Å². The zero-order chi connectivity index (χ0) is 25.5. The van der Waals surface area contributed by atoms with E-state index in [4.69, 9.17) is 0 Å². The fraction of sp³-hybridized carbons (Fsp3) is 0.381. The van der Waals surface area contributed by atoms with Crippen molar-refractivity contribution in [2.24, 2.45) is 5.92 Å². The SMILES string of the molecule is CS(=O)(=O)c1cc(C(F)(F)F)ccc1C(=O)NCC1CC(S(=O)c2cccc(C(F)(F)F)c2)C1. The van der Waals surface area contributed by atoms with Gasteiger partial charge in [0.05, 0.1) is 32.4 Å². The van der Waals surface area contributed by atoms with E-state index in [0.717, 1.165) is 18.2 Å². The van der Waals surface area contributed by atoms with Gasteiger partial charge in [-0.1, -0.05) is 6.07 Å². The maximum atomic E-state index is 12.9. The van der Waals surface area contributed by atoms with Crippen LogP contribution in [0.2, 0.25) is 0 Å². The summed E-state index contributed by atoms with van der Waals surface area (Å²) in [5.41, 5.74) is -2.54. The molecule has 186 valence electrons. The highest BCUT2D eigenvalue weighted by Crippen LogP contribution is 2.36. The first-order chi connectivity index (χ1) is 15.6. The second-order valence-electron chi connectivity index (χ2n) is 7.97. The highest BCUT2D eigenvalue weighted by Gasteiger charge is 2.37. The van der Waals surface area contributed by atoms with Crippen LogP contribution in [0.5, 0.6) is 0 Å². The van der Waals surface area contributed by atoms with Gasteiger partial charge >= 0.3 is 12.4 Å². The van der Waals surface area contributed by atoms with Crippen molar-refractivity contribution in [1.82, 2.24) is 5.32 Å². The lowest BCUT2D eigenvalue weighted by molar-refractivity contribution is -0.138. The lowest BCUT2D eigenvalue weighted by Crippen LogP contribution is -2.40. The van der Waals surface area contributed by atoms with Gasteiger partial charge in [-0.3, -0.25) is 9.00 Å². The molecule has 5 nitrogen and oxygen atoms in total. The largest absolute Gasteiger partial charge is 0.416 e. The molecule has 0 bridgehead atoms. The Kier molecular flexibility index (Phi) is 7.19. The van der Waals surface area contributed by atoms with Crippen molar-refractivity contribution in [2.45, 2.75) is 40.2 Å². The van der Waals surface area contributed by atoms with Crippen LogP contribution in [0.3, 0.4) is 0 Å². The standard InChI is InChI=1S/C21H19F6NO4S2/c1-34(31,32)18-10-14(21(25,26)27)5-6-17(18)19(29)28-11-12-7-16(8-12)33(30)15-4-2-3-13(9-15)20(22,23)24/h2-6,9-10,12,16H,7-8,11H2,1H3,(H,28,29). The molecule has 1 atom stereocenters. The van der Waals surface area contributed by atoms with Gasteiger partial charge in [0.15, 0.2) is 9.84 Å². The van der Waals surface area contributed by atoms with Gasteiger partial charge in [0.2, 0.25) is 0 Å². The highest BCUT2D eigenvalue weighted by molar-refractivity contribution is 7.90. The van der Waals surface area contributed by atoms with Crippen LogP contribution >= 0.6 is 0 Å². The van der Waals surface area contributed by atoms with Crippen molar-refractivity contribution < 1.29 is 43.8 Å². The molecule has 1 amide bonds. The van der Waals surface area contributed by atoms with E-state index in [2.05, 4.69) is 5.32 Å². The Hall–Kier alpha value is -2.41. The summed E-state index contributed by atoms with van der Waals surface area (Å²) in [7, 11) is -5.82. The minimum absolute atomic E-state index is 0.0410. The molecule has 1 aliphatic rings. The Bertz CT molecular complexity index is 1220. The molecule has 0 heterocycles. The highest BCUT2D eigenvalue weighted by atomic mass is 32.2. The van der Waals surface area contributed by atoms with Gasteiger partial charge in [-0.15, -0.1) is 0 Å². The molecule has 1 unspecified atom stereocenters. The molecule has 1 fully saturated rings. The third-order valence-electron chi connectivity index (χ3n) is 5.39. The van der Waals surface area contributed by atoms with Gasteiger partial charge in [-0.2, -0.15) is 26.3 Å².